The molecule has 36 heavy (non-hydrogen) atoms. The van der Waals surface area contributed by atoms with E-state index in [0.29, 0.717) is 12.1 Å². The van der Waals surface area contributed by atoms with Crippen molar-refractivity contribution in [3.05, 3.63) is 126 Å². The molecule has 0 unspecified atom stereocenters. The summed E-state index contributed by atoms with van der Waals surface area (Å²) in [5.41, 5.74) is 4.83. The number of fused-ring (bicyclic) bond motifs is 3. The van der Waals surface area contributed by atoms with Gasteiger partial charge in [0.05, 0.1) is 11.4 Å². The highest BCUT2D eigenvalue weighted by Crippen LogP contribution is 2.34. The molecule has 0 spiro atoms. The molecule has 0 aromatic heterocycles. The zero-order valence-corrected chi connectivity index (χ0v) is 20.1. The topological polar surface area (TPSA) is 44.6 Å². The van der Waals surface area contributed by atoms with Gasteiger partial charge in [0.1, 0.15) is 5.75 Å². The molecular formula is C33H26N2O. The summed E-state index contributed by atoms with van der Waals surface area (Å²) in [5, 5.41) is 21.2. The molecule has 0 fully saturated rings. The lowest BCUT2D eigenvalue weighted by molar-refractivity contribution is 0.474. The van der Waals surface area contributed by atoms with Crippen LogP contribution in [-0.2, 0) is 6.54 Å². The first-order valence-electron chi connectivity index (χ1n) is 12.2. The Kier molecular flexibility index (Phi) is 5.59. The van der Waals surface area contributed by atoms with Gasteiger partial charge in [-0.25, -0.2) is 0 Å². The summed E-state index contributed by atoms with van der Waals surface area (Å²) in [6.45, 7) is 2.67. The normalized spacial score (nSPS) is 11.6. The minimum Gasteiger partial charge on any atom is -0.507 e. The fraction of sp³-hybridized carbons (Fsp3) is 0.0606. The van der Waals surface area contributed by atoms with E-state index in [1.54, 1.807) is 12.3 Å². The summed E-state index contributed by atoms with van der Waals surface area (Å²) >= 11 is 0. The number of hydrogen-bond acceptors (Lipinski definition) is 3. The van der Waals surface area contributed by atoms with E-state index in [4.69, 9.17) is 4.99 Å². The fourth-order valence-electron chi connectivity index (χ4n) is 4.88. The number of rotatable bonds is 5. The van der Waals surface area contributed by atoms with Crippen LogP contribution in [0.5, 0.6) is 5.75 Å². The minimum absolute atomic E-state index is 0.224. The molecule has 0 aliphatic heterocycles. The van der Waals surface area contributed by atoms with Gasteiger partial charge in [-0.3, -0.25) is 4.99 Å². The maximum atomic E-state index is 10.3. The molecule has 0 saturated carbocycles. The summed E-state index contributed by atoms with van der Waals surface area (Å²) in [4.78, 5) is 4.82. The van der Waals surface area contributed by atoms with Crippen molar-refractivity contribution < 1.29 is 5.11 Å². The molecule has 174 valence electrons. The SMILES string of the molecule is Cc1ccc(O)c(C=Nc2cc3ccccc3cc2NCc2c3ccccc3cc3ccccc23)c1. The van der Waals surface area contributed by atoms with Crippen LogP contribution < -0.4 is 5.32 Å². The van der Waals surface area contributed by atoms with E-state index in [1.165, 1.54) is 27.1 Å². The third-order valence-corrected chi connectivity index (χ3v) is 6.73. The Labute approximate surface area is 210 Å². The molecule has 6 aromatic rings. The number of aliphatic imine (C=N–C) groups is 1. The highest BCUT2D eigenvalue weighted by Gasteiger charge is 2.10. The number of phenolic OH excluding ortho intramolecular Hbond substituents is 1. The fourth-order valence-corrected chi connectivity index (χ4v) is 4.88. The van der Waals surface area contributed by atoms with Gasteiger partial charge in [-0.15, -0.1) is 0 Å². The highest BCUT2D eigenvalue weighted by molar-refractivity contribution is 6.02. The molecule has 3 heteroatoms. The number of nitrogens with one attached hydrogen (secondary N) is 1. The zero-order chi connectivity index (χ0) is 24.5. The summed E-state index contributed by atoms with van der Waals surface area (Å²) in [6.07, 6.45) is 1.74. The average molecular weight is 467 g/mol. The van der Waals surface area contributed by atoms with Crippen LogP contribution in [0.4, 0.5) is 11.4 Å². The van der Waals surface area contributed by atoms with Crippen LogP contribution in [-0.4, -0.2) is 11.3 Å². The van der Waals surface area contributed by atoms with Crippen LogP contribution in [0.15, 0.2) is 114 Å². The Bertz CT molecular complexity index is 1710. The average Bonchev–Trinajstić information content (AvgIpc) is 2.91. The van der Waals surface area contributed by atoms with Crippen molar-refractivity contribution in [1.82, 2.24) is 0 Å². The molecule has 0 atom stereocenters. The molecule has 0 aliphatic carbocycles. The predicted octanol–water partition coefficient (Wildman–Crippen LogP) is 8.52. The number of aromatic hydroxyl groups is 1. The van der Waals surface area contributed by atoms with E-state index in [1.807, 2.05) is 25.1 Å². The molecule has 0 aliphatic rings. The Hall–Kier alpha value is -4.63. The second kappa shape index (κ2) is 9.20. The van der Waals surface area contributed by atoms with Gasteiger partial charge in [0, 0.05) is 18.3 Å². The van der Waals surface area contributed by atoms with Crippen LogP contribution in [0.3, 0.4) is 0 Å². The van der Waals surface area contributed by atoms with Gasteiger partial charge in [0.15, 0.2) is 0 Å². The van der Waals surface area contributed by atoms with Crippen LogP contribution in [0, 0.1) is 6.92 Å². The lowest BCUT2D eigenvalue weighted by Crippen LogP contribution is -2.02. The third kappa shape index (κ3) is 4.16. The number of benzene rings is 6. The smallest absolute Gasteiger partial charge is 0.124 e. The number of hydrogen-bond donors (Lipinski definition) is 2. The maximum Gasteiger partial charge on any atom is 0.124 e. The molecule has 6 aromatic carbocycles. The van der Waals surface area contributed by atoms with Crippen molar-refractivity contribution >= 4 is 49.9 Å². The van der Waals surface area contributed by atoms with Gasteiger partial charge in [-0.05, 0) is 75.1 Å². The second-order valence-corrected chi connectivity index (χ2v) is 9.19. The second-order valence-electron chi connectivity index (χ2n) is 9.19. The van der Waals surface area contributed by atoms with E-state index in [2.05, 4.69) is 90.2 Å². The van der Waals surface area contributed by atoms with Crippen molar-refractivity contribution in [3.63, 3.8) is 0 Å². The van der Waals surface area contributed by atoms with Gasteiger partial charge >= 0.3 is 0 Å². The molecule has 6 rings (SSSR count). The summed E-state index contributed by atoms with van der Waals surface area (Å²) in [6, 6.07) is 37.5. The lowest BCUT2D eigenvalue weighted by atomic mass is 9.96. The maximum absolute atomic E-state index is 10.3. The largest absolute Gasteiger partial charge is 0.507 e. The minimum atomic E-state index is 0.224. The van der Waals surface area contributed by atoms with E-state index in [0.717, 1.165) is 27.7 Å². The van der Waals surface area contributed by atoms with Crippen molar-refractivity contribution in [2.24, 2.45) is 4.99 Å². The van der Waals surface area contributed by atoms with Gasteiger partial charge < -0.3 is 10.4 Å². The molecule has 0 bridgehead atoms. The first-order chi connectivity index (χ1) is 17.7. The molecule has 0 amide bonds. The predicted molar refractivity (Wildman–Crippen MR) is 153 cm³/mol. The van der Waals surface area contributed by atoms with Gasteiger partial charge in [-0.1, -0.05) is 84.4 Å². The Balaban J connectivity index is 1.44. The lowest BCUT2D eigenvalue weighted by Gasteiger charge is -2.15. The zero-order valence-electron chi connectivity index (χ0n) is 20.1. The van der Waals surface area contributed by atoms with E-state index < -0.39 is 0 Å². The standard InChI is InChI=1S/C33H26N2O/c1-22-14-15-33(36)27(16-22)20-34-31-18-23-8-2-3-9-24(23)19-32(31)35-21-30-28-12-6-4-10-25(28)17-26-11-5-7-13-29(26)30/h2-20,35-36H,21H2,1H3. The molecule has 2 N–H and O–H groups in total. The van der Waals surface area contributed by atoms with Gasteiger partial charge in [-0.2, -0.15) is 0 Å². The molecule has 0 heterocycles. The van der Waals surface area contributed by atoms with Crippen LogP contribution in [0.2, 0.25) is 0 Å². The van der Waals surface area contributed by atoms with Crippen molar-refractivity contribution in [1.29, 1.82) is 0 Å². The number of phenols is 1. The Morgan fingerprint density at radius 2 is 1.31 bits per heavy atom. The van der Waals surface area contributed by atoms with Gasteiger partial charge in [0.25, 0.3) is 0 Å². The molecular weight excluding hydrogens is 440 g/mol. The third-order valence-electron chi connectivity index (χ3n) is 6.73. The van der Waals surface area contributed by atoms with Crippen LogP contribution in [0.25, 0.3) is 32.3 Å². The summed E-state index contributed by atoms with van der Waals surface area (Å²) < 4.78 is 0. The summed E-state index contributed by atoms with van der Waals surface area (Å²) in [5.74, 6) is 0.224. The van der Waals surface area contributed by atoms with E-state index in [-0.39, 0.29) is 5.75 Å². The van der Waals surface area contributed by atoms with E-state index in [9.17, 15) is 5.11 Å². The summed E-state index contributed by atoms with van der Waals surface area (Å²) in [7, 11) is 0. The van der Waals surface area contributed by atoms with Gasteiger partial charge in [0.2, 0.25) is 0 Å². The van der Waals surface area contributed by atoms with Crippen molar-refractivity contribution in [2.45, 2.75) is 13.5 Å². The molecule has 3 nitrogen and oxygen atoms in total. The first kappa shape index (κ1) is 21.9. The van der Waals surface area contributed by atoms with Crippen LogP contribution >= 0.6 is 0 Å². The highest BCUT2D eigenvalue weighted by atomic mass is 16.3. The number of anilines is 1. The van der Waals surface area contributed by atoms with Crippen molar-refractivity contribution in [3.8, 4) is 5.75 Å². The Morgan fingerprint density at radius 3 is 2.00 bits per heavy atom. The van der Waals surface area contributed by atoms with Crippen LogP contribution in [0.1, 0.15) is 16.7 Å². The number of aryl methyl sites for hydroxylation is 1. The quantitative estimate of drug-likeness (QED) is 0.197. The Morgan fingerprint density at radius 1 is 0.694 bits per heavy atom. The van der Waals surface area contributed by atoms with E-state index >= 15 is 0 Å². The first-order valence-corrected chi connectivity index (χ1v) is 12.2. The molecule has 0 radical (unpaired) electrons. The molecule has 0 saturated heterocycles. The monoisotopic (exact) mass is 466 g/mol. The number of nitrogens with zero attached hydrogens (tertiary/aromatic N) is 1. The van der Waals surface area contributed by atoms with Crippen molar-refractivity contribution in [2.75, 3.05) is 5.32 Å².